The monoisotopic (exact) mass is 226 g/mol. The maximum atomic E-state index is 13.3. The zero-order valence-corrected chi connectivity index (χ0v) is 9.15. The van der Waals surface area contributed by atoms with Gasteiger partial charge in [0.2, 0.25) is 5.95 Å². The van der Waals surface area contributed by atoms with Crippen LogP contribution in [0.5, 0.6) is 0 Å². The van der Waals surface area contributed by atoms with E-state index in [1.54, 1.807) is 0 Å². The molecule has 0 radical (unpaired) electrons. The van der Waals surface area contributed by atoms with Crippen LogP contribution in [-0.4, -0.2) is 53.1 Å². The van der Waals surface area contributed by atoms with E-state index in [4.69, 9.17) is 5.73 Å². The Morgan fingerprint density at radius 3 is 2.75 bits per heavy atom. The second kappa shape index (κ2) is 4.58. The van der Waals surface area contributed by atoms with Crippen LogP contribution in [0.1, 0.15) is 0 Å². The maximum absolute atomic E-state index is 13.3. The molecule has 0 aliphatic carbocycles. The molecule has 88 valence electrons. The van der Waals surface area contributed by atoms with Crippen molar-refractivity contribution in [3.05, 3.63) is 12.0 Å². The van der Waals surface area contributed by atoms with E-state index in [-0.39, 0.29) is 11.8 Å². The van der Waals surface area contributed by atoms with Crippen molar-refractivity contribution in [2.24, 2.45) is 0 Å². The fourth-order valence-electron chi connectivity index (χ4n) is 1.53. The first-order chi connectivity index (χ1) is 7.65. The molecule has 3 N–H and O–H groups in total. The third-order valence-electron chi connectivity index (χ3n) is 2.53. The number of nitrogens with one attached hydrogen (secondary N) is 1. The van der Waals surface area contributed by atoms with Gasteiger partial charge in [0.15, 0.2) is 11.6 Å². The van der Waals surface area contributed by atoms with Gasteiger partial charge in [-0.2, -0.15) is 4.98 Å². The first kappa shape index (κ1) is 11.0. The van der Waals surface area contributed by atoms with Gasteiger partial charge >= 0.3 is 0 Å². The number of anilines is 2. The summed E-state index contributed by atoms with van der Waals surface area (Å²) in [7, 11) is 2.06. The quantitative estimate of drug-likeness (QED) is 0.726. The Morgan fingerprint density at radius 1 is 1.38 bits per heavy atom. The molecular weight excluding hydrogens is 211 g/mol. The molecule has 1 saturated heterocycles. The lowest BCUT2D eigenvalue weighted by Gasteiger charge is -2.32. The highest BCUT2D eigenvalue weighted by Gasteiger charge is 2.15. The molecule has 0 amide bonds. The van der Waals surface area contributed by atoms with Crippen molar-refractivity contribution in [2.75, 3.05) is 44.4 Å². The summed E-state index contributed by atoms with van der Waals surface area (Å²) in [6, 6.07) is 0. The van der Waals surface area contributed by atoms with Crippen LogP contribution >= 0.6 is 0 Å². The molecule has 6 nitrogen and oxygen atoms in total. The van der Waals surface area contributed by atoms with Crippen LogP contribution < -0.4 is 11.2 Å². The lowest BCUT2D eigenvalue weighted by atomic mass is 10.4. The predicted octanol–water partition coefficient (Wildman–Crippen LogP) is -0.228. The number of piperazine rings is 1. The molecule has 0 atom stereocenters. The van der Waals surface area contributed by atoms with Crippen LogP contribution in [0.15, 0.2) is 6.20 Å². The van der Waals surface area contributed by atoms with E-state index >= 15 is 0 Å². The number of nitrogen functional groups attached to an aromatic ring is 1. The van der Waals surface area contributed by atoms with Gasteiger partial charge in [0.1, 0.15) is 0 Å². The Kier molecular flexibility index (Phi) is 3.16. The third-order valence-corrected chi connectivity index (χ3v) is 2.53. The first-order valence-electron chi connectivity index (χ1n) is 5.13. The summed E-state index contributed by atoms with van der Waals surface area (Å²) in [5.74, 6) is -0.289. The second-order valence-corrected chi connectivity index (χ2v) is 3.83. The average molecular weight is 226 g/mol. The molecule has 2 rings (SSSR count). The minimum absolute atomic E-state index is 0.0676. The Balaban J connectivity index is 2.00. The number of nitrogens with zero attached hydrogens (tertiary/aromatic N) is 4. The molecule has 0 bridgehead atoms. The van der Waals surface area contributed by atoms with Gasteiger partial charge in [-0.05, 0) is 7.05 Å². The molecule has 1 aliphatic rings. The molecule has 1 fully saturated rings. The van der Waals surface area contributed by atoms with E-state index in [0.717, 1.165) is 32.4 Å². The van der Waals surface area contributed by atoms with Crippen molar-refractivity contribution in [3.63, 3.8) is 0 Å². The Morgan fingerprint density at radius 2 is 2.06 bits per heavy atom. The molecule has 2 heterocycles. The van der Waals surface area contributed by atoms with Gasteiger partial charge in [0.25, 0.3) is 0 Å². The van der Waals surface area contributed by atoms with Gasteiger partial charge in [-0.25, -0.2) is 14.4 Å². The Hall–Kier alpha value is -1.47. The summed E-state index contributed by atoms with van der Waals surface area (Å²) in [6.45, 7) is 3.52. The van der Waals surface area contributed by atoms with E-state index in [9.17, 15) is 4.39 Å². The fourth-order valence-corrected chi connectivity index (χ4v) is 1.53. The molecule has 0 unspecified atom stereocenters. The molecule has 1 aromatic rings. The zero-order valence-electron chi connectivity index (χ0n) is 9.15. The van der Waals surface area contributed by atoms with Gasteiger partial charge < -0.3 is 16.1 Å². The Bertz CT molecular complexity index is 363. The average Bonchev–Trinajstić information content (AvgIpc) is 2.27. The van der Waals surface area contributed by atoms with E-state index in [0.29, 0.717) is 0 Å². The van der Waals surface area contributed by atoms with Crippen LogP contribution in [0.4, 0.5) is 16.2 Å². The van der Waals surface area contributed by atoms with E-state index < -0.39 is 5.82 Å². The van der Waals surface area contributed by atoms with Crippen molar-refractivity contribution in [3.8, 4) is 0 Å². The number of halogens is 1. The molecule has 1 aliphatic heterocycles. The number of nitrogens with two attached hydrogens (primary N) is 1. The fraction of sp³-hybridized carbons (Fsp3) is 0.556. The van der Waals surface area contributed by atoms with Gasteiger partial charge in [0, 0.05) is 26.2 Å². The molecule has 1 aromatic heterocycles. The second-order valence-electron chi connectivity index (χ2n) is 3.83. The van der Waals surface area contributed by atoms with Crippen molar-refractivity contribution in [2.45, 2.75) is 0 Å². The molecule has 0 spiro atoms. The number of likely N-dealkylation sites (N-methyl/N-ethyl adjacent to an activating group) is 1. The van der Waals surface area contributed by atoms with Crippen LogP contribution in [-0.2, 0) is 0 Å². The van der Waals surface area contributed by atoms with E-state index in [2.05, 4.69) is 27.3 Å². The van der Waals surface area contributed by atoms with Crippen LogP contribution in [0.25, 0.3) is 0 Å². The van der Waals surface area contributed by atoms with Crippen LogP contribution in [0.2, 0.25) is 0 Å². The molecule has 16 heavy (non-hydrogen) atoms. The first-order valence-corrected chi connectivity index (χ1v) is 5.13. The number of hydrogen-bond donors (Lipinski definition) is 2. The minimum atomic E-state index is -0.492. The number of aromatic nitrogens is 2. The lowest BCUT2D eigenvalue weighted by Crippen LogP contribution is -2.47. The van der Waals surface area contributed by atoms with Crippen LogP contribution in [0.3, 0.4) is 0 Å². The molecule has 7 heteroatoms. The van der Waals surface area contributed by atoms with Crippen molar-refractivity contribution in [1.29, 1.82) is 0 Å². The van der Waals surface area contributed by atoms with Gasteiger partial charge in [-0.3, -0.25) is 0 Å². The number of rotatable bonds is 2. The van der Waals surface area contributed by atoms with Gasteiger partial charge in [0.05, 0.1) is 6.20 Å². The number of hydrogen-bond acceptors (Lipinski definition) is 6. The summed E-state index contributed by atoms with van der Waals surface area (Å²) in [4.78, 5) is 9.59. The lowest BCUT2D eigenvalue weighted by molar-refractivity contribution is 0.178. The van der Waals surface area contributed by atoms with E-state index in [1.807, 2.05) is 5.01 Å². The highest BCUT2D eigenvalue weighted by Crippen LogP contribution is 2.11. The van der Waals surface area contributed by atoms with Gasteiger partial charge in [-0.15, -0.1) is 0 Å². The SMILES string of the molecule is CN1CCN(Nc2nc(N)ncc2F)CC1. The van der Waals surface area contributed by atoms with Crippen molar-refractivity contribution >= 4 is 11.8 Å². The van der Waals surface area contributed by atoms with E-state index in [1.165, 1.54) is 0 Å². The normalized spacial score (nSPS) is 18.6. The summed E-state index contributed by atoms with van der Waals surface area (Å²) in [6.07, 6.45) is 1.07. The third kappa shape index (κ3) is 2.56. The predicted molar refractivity (Wildman–Crippen MR) is 59.1 cm³/mol. The highest BCUT2D eigenvalue weighted by molar-refractivity contribution is 5.38. The molecule has 0 aromatic carbocycles. The largest absolute Gasteiger partial charge is 0.368 e. The topological polar surface area (TPSA) is 70.3 Å². The van der Waals surface area contributed by atoms with Crippen molar-refractivity contribution < 1.29 is 4.39 Å². The summed E-state index contributed by atoms with van der Waals surface area (Å²) >= 11 is 0. The van der Waals surface area contributed by atoms with Crippen molar-refractivity contribution in [1.82, 2.24) is 19.9 Å². The Labute approximate surface area is 93.2 Å². The highest BCUT2D eigenvalue weighted by atomic mass is 19.1. The molecular formula is C9H15FN6. The summed E-state index contributed by atoms with van der Waals surface area (Å²) in [5.41, 5.74) is 8.31. The van der Waals surface area contributed by atoms with Crippen LogP contribution in [0, 0.1) is 5.82 Å². The molecule has 0 saturated carbocycles. The summed E-state index contributed by atoms with van der Waals surface area (Å²) in [5, 5.41) is 1.92. The minimum Gasteiger partial charge on any atom is -0.368 e. The summed E-state index contributed by atoms with van der Waals surface area (Å²) < 4.78 is 13.3. The van der Waals surface area contributed by atoms with Gasteiger partial charge in [-0.1, -0.05) is 0 Å². The standard InChI is InChI=1S/C9H15FN6/c1-15-2-4-16(5-3-15)14-8-7(10)6-12-9(11)13-8/h6H,2-5H2,1H3,(H3,11,12,13,14). The number of hydrazine groups is 1. The maximum Gasteiger partial charge on any atom is 0.222 e. The zero-order chi connectivity index (χ0) is 11.5. The smallest absolute Gasteiger partial charge is 0.222 e.